The zero-order chi connectivity index (χ0) is 21.7. The largest absolute Gasteiger partial charge is 0.497 e. The molecule has 2 N–H and O–H groups in total. The minimum absolute atomic E-state index is 0.154. The highest BCUT2D eigenvalue weighted by atomic mass is 19.1. The average molecular weight is 415 g/mol. The molecule has 8 nitrogen and oxygen atoms in total. The van der Waals surface area contributed by atoms with Crippen LogP contribution in [0.2, 0.25) is 0 Å². The summed E-state index contributed by atoms with van der Waals surface area (Å²) in [6.07, 6.45) is 0. The number of hydrogen-bond acceptors (Lipinski definition) is 5. The van der Waals surface area contributed by atoms with E-state index < -0.39 is 29.9 Å². The van der Waals surface area contributed by atoms with Gasteiger partial charge >= 0.3 is 6.03 Å². The molecule has 2 aromatic carbocycles. The minimum Gasteiger partial charge on any atom is -0.497 e. The number of methoxy groups -OCH3 is 1. The number of carbonyl (C=O) groups excluding carboxylic acids is 3. The fraction of sp³-hybridized carbons (Fsp3) is 0.286. The molecular formula is C21H22FN3O5. The van der Waals surface area contributed by atoms with Crippen molar-refractivity contribution in [1.29, 1.82) is 0 Å². The second-order valence-corrected chi connectivity index (χ2v) is 6.83. The van der Waals surface area contributed by atoms with Gasteiger partial charge < -0.3 is 20.1 Å². The van der Waals surface area contributed by atoms with E-state index in [-0.39, 0.29) is 19.0 Å². The molecule has 9 heteroatoms. The molecule has 3 rings (SSSR count). The number of benzene rings is 2. The van der Waals surface area contributed by atoms with Crippen molar-refractivity contribution in [2.75, 3.05) is 26.8 Å². The Morgan fingerprint density at radius 2 is 1.73 bits per heavy atom. The van der Waals surface area contributed by atoms with Crippen LogP contribution in [-0.2, 0) is 15.1 Å². The second kappa shape index (κ2) is 8.81. The van der Waals surface area contributed by atoms with E-state index in [1.54, 1.807) is 31.2 Å². The van der Waals surface area contributed by atoms with Gasteiger partial charge in [-0.15, -0.1) is 0 Å². The molecule has 1 unspecified atom stereocenters. The molecule has 0 aliphatic carbocycles. The van der Waals surface area contributed by atoms with Crippen LogP contribution in [0, 0.1) is 5.82 Å². The average Bonchev–Trinajstić information content (AvgIpc) is 2.96. The lowest BCUT2D eigenvalue weighted by molar-refractivity contribution is -0.134. The van der Waals surface area contributed by atoms with E-state index in [4.69, 9.17) is 9.47 Å². The summed E-state index contributed by atoms with van der Waals surface area (Å²) in [4.78, 5) is 38.2. The Bertz CT molecular complexity index is 933. The number of carbonyl (C=O) groups is 3. The van der Waals surface area contributed by atoms with Crippen molar-refractivity contribution in [2.45, 2.75) is 12.5 Å². The van der Waals surface area contributed by atoms with Crippen LogP contribution in [0.15, 0.2) is 48.5 Å². The van der Waals surface area contributed by atoms with Gasteiger partial charge in [0, 0.05) is 0 Å². The molecule has 1 fully saturated rings. The molecule has 1 heterocycles. The first-order valence-corrected chi connectivity index (χ1v) is 9.27. The van der Waals surface area contributed by atoms with Gasteiger partial charge in [0.25, 0.3) is 5.91 Å². The summed E-state index contributed by atoms with van der Waals surface area (Å²) >= 11 is 0. The van der Waals surface area contributed by atoms with Crippen molar-refractivity contribution in [3.63, 3.8) is 0 Å². The summed E-state index contributed by atoms with van der Waals surface area (Å²) < 4.78 is 23.3. The lowest BCUT2D eigenvalue weighted by Crippen LogP contribution is -2.43. The van der Waals surface area contributed by atoms with E-state index in [2.05, 4.69) is 10.6 Å². The van der Waals surface area contributed by atoms with E-state index in [9.17, 15) is 18.8 Å². The van der Waals surface area contributed by atoms with Crippen LogP contribution in [0.3, 0.4) is 0 Å². The Hall–Kier alpha value is -3.62. The van der Waals surface area contributed by atoms with E-state index in [1.165, 1.54) is 31.4 Å². The molecule has 0 saturated carbocycles. The van der Waals surface area contributed by atoms with Crippen LogP contribution in [0.25, 0.3) is 0 Å². The quantitative estimate of drug-likeness (QED) is 0.506. The molecule has 0 spiro atoms. The van der Waals surface area contributed by atoms with Crippen molar-refractivity contribution >= 4 is 17.8 Å². The van der Waals surface area contributed by atoms with E-state index in [0.29, 0.717) is 17.1 Å². The third kappa shape index (κ3) is 4.51. The third-order valence-corrected chi connectivity index (χ3v) is 4.75. The Morgan fingerprint density at radius 1 is 1.10 bits per heavy atom. The first kappa shape index (κ1) is 21.1. The zero-order valence-corrected chi connectivity index (χ0v) is 16.6. The molecular weight excluding hydrogens is 393 g/mol. The minimum atomic E-state index is -1.27. The van der Waals surface area contributed by atoms with Crippen LogP contribution in [0.1, 0.15) is 12.5 Å². The molecule has 1 saturated heterocycles. The molecule has 1 aliphatic rings. The normalized spacial score (nSPS) is 18.2. The summed E-state index contributed by atoms with van der Waals surface area (Å²) in [5.41, 5.74) is -0.688. The summed E-state index contributed by atoms with van der Waals surface area (Å²) in [6, 6.07) is 11.6. The number of nitrogens with one attached hydrogen (secondary N) is 2. The summed E-state index contributed by atoms with van der Waals surface area (Å²) in [5, 5.41) is 5.23. The highest BCUT2D eigenvalue weighted by molar-refractivity contribution is 6.09. The molecule has 4 amide bonds. The molecule has 1 aliphatic heterocycles. The van der Waals surface area contributed by atoms with Gasteiger partial charge in [-0.25, -0.2) is 9.18 Å². The van der Waals surface area contributed by atoms with Gasteiger partial charge in [-0.1, -0.05) is 12.1 Å². The summed E-state index contributed by atoms with van der Waals surface area (Å²) in [5.74, 6) is -0.297. The second-order valence-electron chi connectivity index (χ2n) is 6.83. The van der Waals surface area contributed by atoms with E-state index in [1.807, 2.05) is 0 Å². The summed E-state index contributed by atoms with van der Waals surface area (Å²) in [6.45, 7) is 1.49. The lowest BCUT2D eigenvalue weighted by atomic mass is 9.92. The van der Waals surface area contributed by atoms with Gasteiger partial charge in [-0.05, 0) is 48.9 Å². The fourth-order valence-electron chi connectivity index (χ4n) is 3.05. The topological polar surface area (TPSA) is 97.0 Å². The van der Waals surface area contributed by atoms with Gasteiger partial charge in [0.2, 0.25) is 5.91 Å². The van der Waals surface area contributed by atoms with Crippen LogP contribution in [0.5, 0.6) is 11.5 Å². The Balaban J connectivity index is 1.52. The highest BCUT2D eigenvalue weighted by Gasteiger charge is 2.49. The Labute approximate surface area is 173 Å². The molecule has 0 radical (unpaired) electrons. The van der Waals surface area contributed by atoms with Gasteiger partial charge in [-0.3, -0.25) is 14.5 Å². The molecule has 0 bridgehead atoms. The zero-order valence-electron chi connectivity index (χ0n) is 16.6. The van der Waals surface area contributed by atoms with Crippen molar-refractivity contribution in [1.82, 2.24) is 15.5 Å². The van der Waals surface area contributed by atoms with Crippen LogP contribution in [-0.4, -0.2) is 49.6 Å². The Kier molecular flexibility index (Phi) is 6.20. The lowest BCUT2D eigenvalue weighted by Gasteiger charge is -2.22. The monoisotopic (exact) mass is 415 g/mol. The molecule has 2 aromatic rings. The molecule has 0 aromatic heterocycles. The third-order valence-electron chi connectivity index (χ3n) is 4.75. The van der Waals surface area contributed by atoms with Gasteiger partial charge in [0.1, 0.15) is 36.0 Å². The predicted molar refractivity (Wildman–Crippen MR) is 105 cm³/mol. The van der Waals surface area contributed by atoms with E-state index >= 15 is 0 Å². The molecule has 1 atom stereocenters. The SMILES string of the molecule is COc1ccc(C2(C)NC(=O)N(CC(=O)NCCOc3ccc(F)cc3)C2=O)cc1. The fourth-order valence-corrected chi connectivity index (χ4v) is 3.05. The predicted octanol–water partition coefficient (Wildman–Crippen LogP) is 1.80. The van der Waals surface area contributed by atoms with Gasteiger partial charge in [0.15, 0.2) is 0 Å². The number of nitrogens with zero attached hydrogens (tertiary/aromatic N) is 1. The van der Waals surface area contributed by atoms with Crippen molar-refractivity contribution < 1.29 is 28.2 Å². The van der Waals surface area contributed by atoms with Crippen molar-refractivity contribution in [2.24, 2.45) is 0 Å². The van der Waals surface area contributed by atoms with Crippen molar-refractivity contribution in [3.8, 4) is 11.5 Å². The van der Waals surface area contributed by atoms with Crippen LogP contribution < -0.4 is 20.1 Å². The number of rotatable bonds is 8. The summed E-state index contributed by atoms with van der Waals surface area (Å²) in [7, 11) is 1.53. The number of hydrogen-bond donors (Lipinski definition) is 2. The maximum absolute atomic E-state index is 12.9. The number of urea groups is 1. The van der Waals surface area contributed by atoms with Crippen LogP contribution >= 0.6 is 0 Å². The maximum Gasteiger partial charge on any atom is 0.325 e. The maximum atomic E-state index is 12.9. The highest BCUT2D eigenvalue weighted by Crippen LogP contribution is 2.29. The van der Waals surface area contributed by atoms with Crippen molar-refractivity contribution in [3.05, 3.63) is 59.9 Å². The number of imide groups is 1. The smallest absolute Gasteiger partial charge is 0.325 e. The van der Waals surface area contributed by atoms with Gasteiger partial charge in [-0.2, -0.15) is 0 Å². The van der Waals surface area contributed by atoms with Crippen LogP contribution in [0.4, 0.5) is 9.18 Å². The van der Waals surface area contributed by atoms with Gasteiger partial charge in [0.05, 0.1) is 13.7 Å². The number of halogens is 1. The molecule has 30 heavy (non-hydrogen) atoms. The first-order valence-electron chi connectivity index (χ1n) is 9.27. The first-order chi connectivity index (χ1) is 14.3. The Morgan fingerprint density at radius 3 is 2.37 bits per heavy atom. The molecule has 158 valence electrons. The van der Waals surface area contributed by atoms with E-state index in [0.717, 1.165) is 4.90 Å². The number of ether oxygens (including phenoxy) is 2. The standard InChI is InChI=1S/C21H22FN3O5/c1-21(14-3-7-16(29-2)8-4-14)19(27)25(20(28)24-21)13-18(26)23-11-12-30-17-9-5-15(22)6-10-17/h3-10H,11-13H2,1-2H3,(H,23,26)(H,24,28). The number of amides is 4.